The molecule has 23 heavy (non-hydrogen) atoms. The van der Waals surface area contributed by atoms with Crippen molar-refractivity contribution in [2.45, 2.75) is 13.0 Å². The van der Waals surface area contributed by atoms with Crippen molar-refractivity contribution in [2.75, 3.05) is 7.05 Å². The maximum Gasteiger partial charge on any atom is 0.293 e. The first-order valence-electron chi connectivity index (χ1n) is 6.87. The molecule has 0 saturated carbocycles. The van der Waals surface area contributed by atoms with Crippen molar-refractivity contribution in [2.24, 2.45) is 0 Å². The third-order valence-corrected chi connectivity index (χ3v) is 4.36. The number of nitrogens with zero attached hydrogens (tertiary/aromatic N) is 5. The van der Waals surface area contributed by atoms with Crippen LogP contribution in [0.5, 0.6) is 0 Å². The van der Waals surface area contributed by atoms with Crippen molar-refractivity contribution in [3.63, 3.8) is 0 Å². The normalized spacial score (nSPS) is 12.3. The van der Waals surface area contributed by atoms with E-state index < -0.39 is 0 Å². The van der Waals surface area contributed by atoms with Gasteiger partial charge in [0.1, 0.15) is 0 Å². The van der Waals surface area contributed by atoms with E-state index in [0.717, 1.165) is 10.0 Å². The Hall–Kier alpha value is -1.99. The molecular weight excluding hydrogens is 382 g/mol. The van der Waals surface area contributed by atoms with Gasteiger partial charge in [-0.15, -0.1) is 5.10 Å². The van der Waals surface area contributed by atoms with Gasteiger partial charge in [-0.05, 0) is 34.5 Å². The Morgan fingerprint density at radius 1 is 1.39 bits per heavy atom. The molecule has 0 aliphatic carbocycles. The van der Waals surface area contributed by atoms with Crippen LogP contribution in [-0.4, -0.2) is 37.4 Å². The van der Waals surface area contributed by atoms with Gasteiger partial charge < -0.3 is 4.90 Å². The second-order valence-corrected chi connectivity index (χ2v) is 6.39. The third kappa shape index (κ3) is 3.07. The minimum Gasteiger partial charge on any atom is -0.332 e. The molecule has 0 saturated heterocycles. The lowest BCUT2D eigenvalue weighted by atomic mass is 10.1. The van der Waals surface area contributed by atoms with Crippen LogP contribution in [0.15, 0.2) is 41.1 Å². The van der Waals surface area contributed by atoms with Gasteiger partial charge in [-0.25, -0.2) is 9.50 Å². The van der Waals surface area contributed by atoms with E-state index in [1.807, 2.05) is 25.1 Å². The molecule has 3 aromatic rings. The maximum absolute atomic E-state index is 12.6. The zero-order valence-electron chi connectivity index (χ0n) is 12.4. The highest BCUT2D eigenvalue weighted by atomic mass is 79.9. The maximum atomic E-state index is 12.6. The highest BCUT2D eigenvalue weighted by Gasteiger charge is 2.24. The molecule has 1 unspecified atom stereocenters. The van der Waals surface area contributed by atoms with E-state index in [1.165, 1.54) is 4.52 Å². The van der Waals surface area contributed by atoms with E-state index in [4.69, 9.17) is 11.6 Å². The lowest BCUT2D eigenvalue weighted by Gasteiger charge is -2.24. The van der Waals surface area contributed by atoms with Gasteiger partial charge in [0.25, 0.3) is 11.7 Å². The summed E-state index contributed by atoms with van der Waals surface area (Å²) in [6.45, 7) is 1.91. The molecule has 6 nitrogen and oxygen atoms in total. The molecule has 0 N–H and O–H groups in total. The molecule has 2 aromatic heterocycles. The van der Waals surface area contributed by atoms with E-state index in [2.05, 4.69) is 31.0 Å². The molecule has 1 amide bonds. The Balaban J connectivity index is 1.90. The summed E-state index contributed by atoms with van der Waals surface area (Å²) in [5.41, 5.74) is 0.870. The number of benzene rings is 1. The Morgan fingerprint density at radius 2 is 2.13 bits per heavy atom. The van der Waals surface area contributed by atoms with E-state index in [9.17, 15) is 4.79 Å². The molecule has 0 radical (unpaired) electrons. The SMILES string of the molecule is CC(c1ccccc1Cl)N(C)C(=O)c1nc2ncc(Br)cn2n1. The molecular formula is C15H13BrClN5O. The fourth-order valence-corrected chi connectivity index (χ4v) is 2.80. The molecule has 8 heteroatoms. The van der Waals surface area contributed by atoms with Crippen LogP contribution in [-0.2, 0) is 0 Å². The average Bonchev–Trinajstić information content (AvgIpc) is 2.96. The van der Waals surface area contributed by atoms with Crippen molar-refractivity contribution in [1.82, 2.24) is 24.5 Å². The second-order valence-electron chi connectivity index (χ2n) is 5.07. The number of hydrogen-bond donors (Lipinski definition) is 0. The lowest BCUT2D eigenvalue weighted by Crippen LogP contribution is -2.30. The summed E-state index contributed by atoms with van der Waals surface area (Å²) in [7, 11) is 1.70. The summed E-state index contributed by atoms with van der Waals surface area (Å²) in [6.07, 6.45) is 3.30. The van der Waals surface area contributed by atoms with Crippen molar-refractivity contribution in [3.8, 4) is 0 Å². The molecule has 3 rings (SSSR count). The standard InChI is InChI=1S/C15H13BrClN5O/c1-9(11-5-3-4-6-12(11)17)21(2)14(23)13-19-15-18-7-10(16)8-22(15)20-13/h3-9H,1-2H3. The number of fused-ring (bicyclic) bond motifs is 1. The van der Waals surface area contributed by atoms with Crippen LogP contribution >= 0.6 is 27.5 Å². The fourth-order valence-electron chi connectivity index (χ4n) is 2.21. The Labute approximate surface area is 146 Å². The van der Waals surface area contributed by atoms with E-state index in [1.54, 1.807) is 30.4 Å². The van der Waals surface area contributed by atoms with Crippen LogP contribution < -0.4 is 0 Å². The smallest absolute Gasteiger partial charge is 0.293 e. The van der Waals surface area contributed by atoms with Gasteiger partial charge in [0.2, 0.25) is 5.82 Å². The topological polar surface area (TPSA) is 63.4 Å². The summed E-state index contributed by atoms with van der Waals surface area (Å²) in [5, 5.41) is 4.80. The third-order valence-electron chi connectivity index (χ3n) is 3.61. The number of carbonyl (C=O) groups is 1. The minimum absolute atomic E-state index is 0.0944. The molecule has 0 aliphatic rings. The zero-order chi connectivity index (χ0) is 16.6. The first kappa shape index (κ1) is 15.9. The van der Waals surface area contributed by atoms with Crippen LogP contribution in [0.3, 0.4) is 0 Å². The van der Waals surface area contributed by atoms with Crippen molar-refractivity contribution >= 4 is 39.2 Å². The summed E-state index contributed by atoms with van der Waals surface area (Å²) < 4.78 is 2.22. The van der Waals surface area contributed by atoms with Gasteiger partial charge in [0.05, 0.1) is 10.5 Å². The average molecular weight is 395 g/mol. The summed E-state index contributed by atoms with van der Waals surface area (Å²) in [5.74, 6) is 0.173. The molecule has 0 fully saturated rings. The van der Waals surface area contributed by atoms with E-state index in [-0.39, 0.29) is 17.8 Å². The molecule has 118 valence electrons. The van der Waals surface area contributed by atoms with Crippen LogP contribution in [0.2, 0.25) is 5.02 Å². The number of hydrogen-bond acceptors (Lipinski definition) is 4. The van der Waals surface area contributed by atoms with Crippen LogP contribution in [0.25, 0.3) is 5.78 Å². The van der Waals surface area contributed by atoms with Gasteiger partial charge in [0, 0.05) is 24.5 Å². The largest absolute Gasteiger partial charge is 0.332 e. The molecule has 1 aromatic carbocycles. The van der Waals surface area contributed by atoms with Crippen LogP contribution in [0.4, 0.5) is 0 Å². The molecule has 0 bridgehead atoms. The fraction of sp³-hybridized carbons (Fsp3) is 0.200. The molecule has 0 spiro atoms. The first-order chi connectivity index (χ1) is 11.0. The predicted octanol–water partition coefficient (Wildman–Crippen LogP) is 3.37. The van der Waals surface area contributed by atoms with Crippen LogP contribution in [0, 0.1) is 0 Å². The number of amides is 1. The lowest BCUT2D eigenvalue weighted by molar-refractivity contribution is 0.0730. The second kappa shape index (κ2) is 6.25. The minimum atomic E-state index is -0.293. The van der Waals surface area contributed by atoms with E-state index >= 15 is 0 Å². The van der Waals surface area contributed by atoms with E-state index in [0.29, 0.717) is 10.8 Å². The van der Waals surface area contributed by atoms with Gasteiger partial charge >= 0.3 is 0 Å². The van der Waals surface area contributed by atoms with Gasteiger partial charge in [-0.3, -0.25) is 4.79 Å². The first-order valence-corrected chi connectivity index (χ1v) is 8.04. The number of rotatable bonds is 3. The Kier molecular flexibility index (Phi) is 4.32. The van der Waals surface area contributed by atoms with Gasteiger partial charge in [-0.1, -0.05) is 29.8 Å². The van der Waals surface area contributed by atoms with Gasteiger partial charge in [0.15, 0.2) is 0 Å². The molecule has 1 atom stereocenters. The Bertz CT molecular complexity index is 881. The number of halogens is 2. The van der Waals surface area contributed by atoms with Crippen LogP contribution in [0.1, 0.15) is 29.1 Å². The van der Waals surface area contributed by atoms with Crippen molar-refractivity contribution in [3.05, 3.63) is 57.5 Å². The quantitative estimate of drug-likeness (QED) is 0.683. The number of aromatic nitrogens is 4. The van der Waals surface area contributed by atoms with Gasteiger partial charge in [-0.2, -0.15) is 4.98 Å². The predicted molar refractivity (Wildman–Crippen MR) is 90.4 cm³/mol. The summed E-state index contributed by atoms with van der Waals surface area (Å²) in [4.78, 5) is 22.5. The molecule has 0 aliphatic heterocycles. The monoisotopic (exact) mass is 393 g/mol. The summed E-state index contributed by atoms with van der Waals surface area (Å²) in [6, 6.07) is 7.24. The summed E-state index contributed by atoms with van der Waals surface area (Å²) >= 11 is 9.52. The highest BCUT2D eigenvalue weighted by Crippen LogP contribution is 2.26. The zero-order valence-corrected chi connectivity index (χ0v) is 14.8. The van der Waals surface area contributed by atoms with Crippen molar-refractivity contribution in [1.29, 1.82) is 0 Å². The number of carbonyl (C=O) groups excluding carboxylic acids is 1. The Morgan fingerprint density at radius 3 is 2.87 bits per heavy atom. The highest BCUT2D eigenvalue weighted by molar-refractivity contribution is 9.10. The van der Waals surface area contributed by atoms with Crippen molar-refractivity contribution < 1.29 is 4.79 Å². The molecule has 2 heterocycles.